The molecule has 4 nitrogen and oxygen atoms in total. The van der Waals surface area contributed by atoms with E-state index in [1.165, 1.54) is 4.90 Å². The lowest BCUT2D eigenvalue weighted by Crippen LogP contribution is -2.53. The smallest absolute Gasteiger partial charge is 0.329 e. The van der Waals surface area contributed by atoms with Crippen molar-refractivity contribution >= 4 is 12.4 Å². The van der Waals surface area contributed by atoms with Gasteiger partial charge in [-0.2, -0.15) is 0 Å². The van der Waals surface area contributed by atoms with E-state index in [9.17, 15) is 14.7 Å². The van der Waals surface area contributed by atoms with Crippen molar-refractivity contribution in [1.29, 1.82) is 0 Å². The Kier molecular flexibility index (Phi) is 3.88. The van der Waals surface area contributed by atoms with Crippen molar-refractivity contribution in [2.75, 3.05) is 0 Å². The van der Waals surface area contributed by atoms with Crippen LogP contribution in [0.15, 0.2) is 30.3 Å². The van der Waals surface area contributed by atoms with Gasteiger partial charge in [0.15, 0.2) is 0 Å². The Labute approximate surface area is 113 Å². The van der Waals surface area contributed by atoms with Gasteiger partial charge in [-0.1, -0.05) is 30.3 Å². The molecule has 1 fully saturated rings. The van der Waals surface area contributed by atoms with Crippen LogP contribution in [0.1, 0.15) is 31.7 Å². The zero-order valence-corrected chi connectivity index (χ0v) is 11.1. The lowest BCUT2D eigenvalue weighted by atomic mass is 9.91. The Morgan fingerprint density at radius 2 is 2.05 bits per heavy atom. The van der Waals surface area contributed by atoms with Crippen LogP contribution in [0.25, 0.3) is 0 Å². The normalized spacial score (nSPS) is 17.5. The van der Waals surface area contributed by atoms with Gasteiger partial charge in [0.1, 0.15) is 5.54 Å². The van der Waals surface area contributed by atoms with Crippen LogP contribution in [0.2, 0.25) is 0 Å². The van der Waals surface area contributed by atoms with Gasteiger partial charge in [-0.25, -0.2) is 4.79 Å². The van der Waals surface area contributed by atoms with E-state index in [-0.39, 0.29) is 6.04 Å². The van der Waals surface area contributed by atoms with E-state index in [0.29, 0.717) is 19.3 Å². The number of carboxylic acid groups (broad SMARTS) is 1. The predicted molar refractivity (Wildman–Crippen MR) is 71.7 cm³/mol. The van der Waals surface area contributed by atoms with Gasteiger partial charge in [-0.15, -0.1) is 0 Å². The van der Waals surface area contributed by atoms with Crippen molar-refractivity contribution in [2.45, 2.75) is 44.2 Å². The minimum atomic E-state index is -1.11. The molecule has 102 valence electrons. The molecule has 1 atom stereocenters. The van der Waals surface area contributed by atoms with E-state index in [0.717, 1.165) is 18.4 Å². The van der Waals surface area contributed by atoms with Crippen LogP contribution < -0.4 is 0 Å². The molecule has 2 rings (SSSR count). The first-order valence-electron chi connectivity index (χ1n) is 6.59. The Hall–Kier alpha value is -1.84. The van der Waals surface area contributed by atoms with Crippen LogP contribution >= 0.6 is 0 Å². The molecular formula is C15H19NO3. The van der Waals surface area contributed by atoms with E-state index in [1.807, 2.05) is 30.3 Å². The number of hydrogen-bond acceptors (Lipinski definition) is 2. The first-order chi connectivity index (χ1) is 9.08. The summed E-state index contributed by atoms with van der Waals surface area (Å²) in [5, 5.41) is 9.49. The van der Waals surface area contributed by atoms with Crippen molar-refractivity contribution in [3.63, 3.8) is 0 Å². The van der Waals surface area contributed by atoms with Gasteiger partial charge in [-0.3, -0.25) is 4.79 Å². The zero-order valence-electron chi connectivity index (χ0n) is 11.1. The highest BCUT2D eigenvalue weighted by Gasteiger charge is 2.45. The number of aryl methyl sites for hydroxylation is 1. The molecule has 1 aromatic rings. The summed E-state index contributed by atoms with van der Waals surface area (Å²) in [5.74, 6) is -0.928. The number of aliphatic carboxylic acids is 1. The van der Waals surface area contributed by atoms with Gasteiger partial charge in [0, 0.05) is 6.04 Å². The third-order valence-electron chi connectivity index (χ3n) is 3.83. The quantitative estimate of drug-likeness (QED) is 0.764. The van der Waals surface area contributed by atoms with Crippen LogP contribution in [0.3, 0.4) is 0 Å². The van der Waals surface area contributed by atoms with Gasteiger partial charge < -0.3 is 10.0 Å². The van der Waals surface area contributed by atoms with Gasteiger partial charge in [0.2, 0.25) is 6.41 Å². The number of carbonyl (C=O) groups is 2. The second-order valence-electron chi connectivity index (χ2n) is 5.31. The maximum atomic E-state index is 11.6. The minimum absolute atomic E-state index is 0.106. The van der Waals surface area contributed by atoms with Crippen molar-refractivity contribution < 1.29 is 14.7 Å². The molecule has 0 heterocycles. The lowest BCUT2D eigenvalue weighted by molar-refractivity contribution is -0.155. The number of nitrogens with zero attached hydrogens (tertiary/aromatic N) is 1. The predicted octanol–water partition coefficient (Wildman–Crippen LogP) is 2.08. The highest BCUT2D eigenvalue weighted by Crippen LogP contribution is 2.34. The summed E-state index contributed by atoms with van der Waals surface area (Å²) >= 11 is 0. The second-order valence-corrected chi connectivity index (χ2v) is 5.31. The minimum Gasteiger partial charge on any atom is -0.480 e. The number of rotatable bonds is 7. The molecule has 1 aromatic carbocycles. The summed E-state index contributed by atoms with van der Waals surface area (Å²) in [6.45, 7) is 1.64. The van der Waals surface area contributed by atoms with E-state index in [2.05, 4.69) is 0 Å². The monoisotopic (exact) mass is 261 g/mol. The molecule has 0 aromatic heterocycles. The molecule has 1 unspecified atom stereocenters. The molecule has 1 saturated carbocycles. The molecule has 19 heavy (non-hydrogen) atoms. The lowest BCUT2D eigenvalue weighted by Gasteiger charge is -2.35. The molecule has 0 spiro atoms. The summed E-state index contributed by atoms with van der Waals surface area (Å²) < 4.78 is 0. The Morgan fingerprint density at radius 3 is 2.53 bits per heavy atom. The van der Waals surface area contributed by atoms with Crippen molar-refractivity contribution in [3.05, 3.63) is 35.9 Å². The fourth-order valence-corrected chi connectivity index (χ4v) is 2.34. The van der Waals surface area contributed by atoms with Crippen LogP contribution in [0, 0.1) is 0 Å². The van der Waals surface area contributed by atoms with Crippen LogP contribution in [0.4, 0.5) is 0 Å². The number of amides is 1. The Bertz CT molecular complexity index is 456. The van der Waals surface area contributed by atoms with E-state index < -0.39 is 11.5 Å². The SMILES string of the molecule is CC(CCc1ccccc1)(C(=O)O)N(C=O)C1CC1. The molecule has 1 amide bonds. The van der Waals surface area contributed by atoms with Crippen molar-refractivity contribution in [3.8, 4) is 0 Å². The maximum absolute atomic E-state index is 11.6. The fourth-order valence-electron chi connectivity index (χ4n) is 2.34. The summed E-state index contributed by atoms with van der Waals surface area (Å²) in [7, 11) is 0. The average Bonchev–Trinajstić information content (AvgIpc) is 3.23. The zero-order chi connectivity index (χ0) is 13.9. The summed E-state index contributed by atoms with van der Waals surface area (Å²) in [5.41, 5.74) is -0.0182. The molecule has 1 N–H and O–H groups in total. The highest BCUT2D eigenvalue weighted by molar-refractivity contribution is 5.81. The number of carboxylic acids is 1. The number of carbonyl (C=O) groups excluding carboxylic acids is 1. The largest absolute Gasteiger partial charge is 0.480 e. The molecular weight excluding hydrogens is 242 g/mol. The fraction of sp³-hybridized carbons (Fsp3) is 0.467. The first kappa shape index (κ1) is 13.6. The van der Waals surface area contributed by atoms with Crippen molar-refractivity contribution in [2.24, 2.45) is 0 Å². The molecule has 0 radical (unpaired) electrons. The molecule has 1 aliphatic carbocycles. The topological polar surface area (TPSA) is 57.6 Å². The van der Waals surface area contributed by atoms with Gasteiger partial charge in [-0.05, 0) is 38.2 Å². The number of hydrogen-bond donors (Lipinski definition) is 1. The Morgan fingerprint density at radius 1 is 1.42 bits per heavy atom. The van der Waals surface area contributed by atoms with Crippen LogP contribution in [0.5, 0.6) is 0 Å². The standard InChI is InChI=1S/C15H19NO3/c1-15(14(18)19,16(11-17)13-7-8-13)10-9-12-5-3-2-4-6-12/h2-6,11,13H,7-10H2,1H3,(H,18,19). The van der Waals surface area contributed by atoms with Crippen LogP contribution in [-0.4, -0.2) is 34.0 Å². The maximum Gasteiger partial charge on any atom is 0.329 e. The molecule has 0 saturated heterocycles. The van der Waals surface area contributed by atoms with Gasteiger partial charge >= 0.3 is 5.97 Å². The summed E-state index contributed by atoms with van der Waals surface area (Å²) in [6, 6.07) is 9.86. The molecule has 4 heteroatoms. The molecule has 0 aliphatic heterocycles. The van der Waals surface area contributed by atoms with Crippen LogP contribution in [-0.2, 0) is 16.0 Å². The Balaban J connectivity index is 2.10. The third-order valence-corrected chi connectivity index (χ3v) is 3.83. The summed E-state index contributed by atoms with van der Waals surface area (Å²) in [6.07, 6.45) is 3.60. The second kappa shape index (κ2) is 5.43. The van der Waals surface area contributed by atoms with E-state index >= 15 is 0 Å². The number of benzene rings is 1. The summed E-state index contributed by atoms with van der Waals surface area (Å²) in [4.78, 5) is 24.3. The van der Waals surface area contributed by atoms with Gasteiger partial charge in [0.25, 0.3) is 0 Å². The van der Waals surface area contributed by atoms with Gasteiger partial charge in [0.05, 0.1) is 0 Å². The third kappa shape index (κ3) is 2.95. The first-order valence-corrected chi connectivity index (χ1v) is 6.59. The van der Waals surface area contributed by atoms with E-state index in [4.69, 9.17) is 0 Å². The molecule has 1 aliphatic rings. The van der Waals surface area contributed by atoms with E-state index in [1.54, 1.807) is 6.92 Å². The average molecular weight is 261 g/mol. The molecule has 0 bridgehead atoms. The highest BCUT2D eigenvalue weighted by atomic mass is 16.4. The van der Waals surface area contributed by atoms with Crippen molar-refractivity contribution in [1.82, 2.24) is 4.90 Å².